The van der Waals surface area contributed by atoms with Crippen molar-refractivity contribution in [1.82, 2.24) is 4.90 Å². The summed E-state index contributed by atoms with van der Waals surface area (Å²) in [7, 11) is -2.45. The summed E-state index contributed by atoms with van der Waals surface area (Å²) < 4.78 is 34.5. The van der Waals surface area contributed by atoms with Gasteiger partial charge < -0.3 is 14.7 Å². The quantitative estimate of drug-likeness (QED) is 0.822. The molecule has 0 radical (unpaired) electrons. The largest absolute Gasteiger partial charge is 0.465 e. The molecule has 1 saturated heterocycles. The molecule has 1 heterocycles. The number of likely N-dealkylation sites (tertiary alicyclic amines) is 1. The minimum absolute atomic E-state index is 0.0481. The van der Waals surface area contributed by atoms with Gasteiger partial charge in [-0.05, 0) is 25.5 Å². The van der Waals surface area contributed by atoms with Crippen molar-refractivity contribution in [2.45, 2.75) is 30.4 Å². The predicted octanol–water partition coefficient (Wildman–Crippen LogP) is 1.47. The number of nitrogens with zero attached hydrogens (tertiary/aromatic N) is 1. The van der Waals surface area contributed by atoms with Crippen molar-refractivity contribution < 1.29 is 27.2 Å². The maximum absolute atomic E-state index is 12.1. The number of amides is 1. The molecule has 0 aromatic heterocycles. The summed E-state index contributed by atoms with van der Waals surface area (Å²) in [6.07, 6.45) is -0.966. The van der Waals surface area contributed by atoms with E-state index in [4.69, 9.17) is 14.0 Å². The highest BCUT2D eigenvalue weighted by Crippen LogP contribution is 2.23. The average Bonchev–Trinajstić information content (AvgIpc) is 2.89. The van der Waals surface area contributed by atoms with Crippen LogP contribution in [0.25, 0.3) is 0 Å². The van der Waals surface area contributed by atoms with Gasteiger partial charge in [0.15, 0.2) is 0 Å². The second-order valence-electron chi connectivity index (χ2n) is 5.16. The van der Waals surface area contributed by atoms with Crippen LogP contribution in [0.2, 0.25) is 0 Å². The van der Waals surface area contributed by atoms with Gasteiger partial charge in [-0.25, -0.2) is 4.79 Å². The fourth-order valence-corrected chi connectivity index (χ4v) is 3.39. The molecule has 0 aliphatic carbocycles. The van der Waals surface area contributed by atoms with Gasteiger partial charge in [-0.2, -0.15) is 8.42 Å². The van der Waals surface area contributed by atoms with Gasteiger partial charge in [0.25, 0.3) is 10.1 Å². The van der Waals surface area contributed by atoms with E-state index in [9.17, 15) is 13.2 Å². The van der Waals surface area contributed by atoms with Crippen molar-refractivity contribution >= 4 is 16.2 Å². The molecule has 7 nitrogen and oxygen atoms in total. The number of rotatable bonds is 5. The van der Waals surface area contributed by atoms with Crippen molar-refractivity contribution in [3.05, 3.63) is 29.8 Å². The maximum atomic E-state index is 12.1. The summed E-state index contributed by atoms with van der Waals surface area (Å²) in [4.78, 5) is 12.4. The average molecular weight is 329 g/mol. The highest BCUT2D eigenvalue weighted by Gasteiger charge is 2.38. The van der Waals surface area contributed by atoms with Crippen LogP contribution >= 0.6 is 0 Å². The standard InChI is InChI=1S/C14H19NO6S/c1-10-3-5-11(6-4-10)22(18,19)21-9-12-13(20-2)7-8-15(12)14(16)17/h3-6,12-13H,7-9H2,1-2H3,(H,16,17). The fraction of sp³-hybridized carbons (Fsp3) is 0.500. The fourth-order valence-electron chi connectivity index (χ4n) is 2.47. The Kier molecular flexibility index (Phi) is 5.05. The Balaban J connectivity index is 2.09. The number of ether oxygens (including phenoxy) is 1. The SMILES string of the molecule is COC1CCN(C(=O)O)C1COS(=O)(=O)c1ccc(C)cc1. The summed E-state index contributed by atoms with van der Waals surface area (Å²) in [6, 6.07) is 5.63. The molecule has 1 N–H and O–H groups in total. The molecule has 1 aromatic carbocycles. The first-order valence-electron chi connectivity index (χ1n) is 6.83. The van der Waals surface area contributed by atoms with Crippen LogP contribution in [0.5, 0.6) is 0 Å². The molecule has 0 saturated carbocycles. The monoisotopic (exact) mass is 329 g/mol. The molecular formula is C14H19NO6S. The molecule has 1 aliphatic heterocycles. The van der Waals surface area contributed by atoms with E-state index in [-0.39, 0.29) is 17.6 Å². The van der Waals surface area contributed by atoms with Gasteiger partial charge in [-0.1, -0.05) is 17.7 Å². The van der Waals surface area contributed by atoms with Crippen molar-refractivity contribution in [2.24, 2.45) is 0 Å². The second-order valence-corrected chi connectivity index (χ2v) is 6.77. The Morgan fingerprint density at radius 2 is 2.00 bits per heavy atom. The van der Waals surface area contributed by atoms with Crippen molar-refractivity contribution in [3.63, 3.8) is 0 Å². The minimum atomic E-state index is -3.92. The van der Waals surface area contributed by atoms with Crippen molar-refractivity contribution in [3.8, 4) is 0 Å². The topological polar surface area (TPSA) is 93.1 Å². The van der Waals surface area contributed by atoms with Gasteiger partial charge in [0.1, 0.15) is 0 Å². The summed E-state index contributed by atoms with van der Waals surface area (Å²) in [6.45, 7) is 1.89. The Bertz CT molecular complexity index is 627. The third kappa shape index (κ3) is 3.57. The lowest BCUT2D eigenvalue weighted by Crippen LogP contribution is -2.43. The van der Waals surface area contributed by atoms with E-state index in [1.165, 1.54) is 19.2 Å². The second kappa shape index (κ2) is 6.64. The van der Waals surface area contributed by atoms with E-state index >= 15 is 0 Å². The van der Waals surface area contributed by atoms with Gasteiger partial charge in [0.2, 0.25) is 0 Å². The molecular weight excluding hydrogens is 310 g/mol. The molecule has 8 heteroatoms. The number of aryl methyl sites for hydroxylation is 1. The van der Waals surface area contributed by atoms with E-state index in [0.29, 0.717) is 13.0 Å². The van der Waals surface area contributed by atoms with Gasteiger partial charge in [-0.3, -0.25) is 4.18 Å². The molecule has 1 amide bonds. The molecule has 22 heavy (non-hydrogen) atoms. The van der Waals surface area contributed by atoms with E-state index < -0.39 is 22.3 Å². The van der Waals surface area contributed by atoms with E-state index in [2.05, 4.69) is 0 Å². The highest BCUT2D eigenvalue weighted by atomic mass is 32.2. The van der Waals surface area contributed by atoms with Crippen LogP contribution < -0.4 is 0 Å². The minimum Gasteiger partial charge on any atom is -0.465 e. The Morgan fingerprint density at radius 3 is 2.55 bits per heavy atom. The Hall–Kier alpha value is -1.64. The summed E-state index contributed by atoms with van der Waals surface area (Å²) in [5, 5.41) is 9.14. The van der Waals surface area contributed by atoms with E-state index in [0.717, 1.165) is 10.5 Å². The van der Waals surface area contributed by atoms with Crippen LogP contribution in [0.4, 0.5) is 4.79 Å². The lowest BCUT2D eigenvalue weighted by Gasteiger charge is -2.24. The van der Waals surface area contributed by atoms with Crippen LogP contribution in [0, 0.1) is 6.92 Å². The summed E-state index contributed by atoms with van der Waals surface area (Å²) in [5.74, 6) is 0. The summed E-state index contributed by atoms with van der Waals surface area (Å²) >= 11 is 0. The highest BCUT2D eigenvalue weighted by molar-refractivity contribution is 7.86. The molecule has 0 spiro atoms. The zero-order chi connectivity index (χ0) is 16.3. The van der Waals surface area contributed by atoms with Crippen LogP contribution in [-0.4, -0.2) is 56.9 Å². The lowest BCUT2D eigenvalue weighted by atomic mass is 10.2. The Morgan fingerprint density at radius 1 is 1.36 bits per heavy atom. The number of hydrogen-bond acceptors (Lipinski definition) is 5. The van der Waals surface area contributed by atoms with Crippen molar-refractivity contribution in [1.29, 1.82) is 0 Å². The molecule has 1 aromatic rings. The van der Waals surface area contributed by atoms with Crippen LogP contribution in [0.15, 0.2) is 29.2 Å². The van der Waals surface area contributed by atoms with Crippen LogP contribution in [0.1, 0.15) is 12.0 Å². The molecule has 122 valence electrons. The van der Waals surface area contributed by atoms with Gasteiger partial charge in [-0.15, -0.1) is 0 Å². The molecule has 2 rings (SSSR count). The van der Waals surface area contributed by atoms with Gasteiger partial charge in [0.05, 0.1) is 23.6 Å². The number of carbonyl (C=O) groups is 1. The zero-order valence-electron chi connectivity index (χ0n) is 12.4. The molecule has 0 bridgehead atoms. The first-order chi connectivity index (χ1) is 10.3. The van der Waals surface area contributed by atoms with Crippen LogP contribution in [0.3, 0.4) is 0 Å². The van der Waals surface area contributed by atoms with E-state index in [1.807, 2.05) is 6.92 Å². The third-order valence-electron chi connectivity index (χ3n) is 3.74. The predicted molar refractivity (Wildman–Crippen MR) is 78.2 cm³/mol. The molecule has 2 atom stereocenters. The van der Waals surface area contributed by atoms with Crippen LogP contribution in [-0.2, 0) is 19.0 Å². The maximum Gasteiger partial charge on any atom is 0.407 e. The summed E-state index contributed by atoms with van der Waals surface area (Å²) in [5.41, 5.74) is 0.936. The van der Waals surface area contributed by atoms with Gasteiger partial charge in [0, 0.05) is 13.7 Å². The number of benzene rings is 1. The zero-order valence-corrected chi connectivity index (χ0v) is 13.2. The van der Waals surface area contributed by atoms with Gasteiger partial charge >= 0.3 is 6.09 Å². The first-order valence-corrected chi connectivity index (χ1v) is 8.24. The van der Waals surface area contributed by atoms with E-state index in [1.54, 1.807) is 12.1 Å². The smallest absolute Gasteiger partial charge is 0.407 e. The first kappa shape index (κ1) is 16.7. The lowest BCUT2D eigenvalue weighted by molar-refractivity contribution is 0.0443. The number of hydrogen-bond donors (Lipinski definition) is 1. The van der Waals surface area contributed by atoms with Crippen molar-refractivity contribution in [2.75, 3.05) is 20.3 Å². The molecule has 1 fully saturated rings. The Labute approximate surface area is 129 Å². The number of methoxy groups -OCH3 is 1. The third-order valence-corrected chi connectivity index (χ3v) is 5.03. The molecule has 1 aliphatic rings. The normalized spacial score (nSPS) is 22.0. The molecule has 2 unspecified atom stereocenters. The number of carboxylic acid groups (broad SMARTS) is 1.